The molecule has 1 saturated carbocycles. The number of rotatable bonds is 5. The zero-order valence-corrected chi connectivity index (χ0v) is 14.6. The molecule has 0 radical (unpaired) electrons. The number of guanidine groups is 1. The van der Waals surface area contributed by atoms with Crippen molar-refractivity contribution in [2.75, 3.05) is 39.9 Å². The number of nitrogens with zero attached hydrogens (tertiary/aromatic N) is 2. The maximum Gasteiger partial charge on any atom is 0.193 e. The first-order valence-electron chi connectivity index (χ1n) is 7.33. The summed E-state index contributed by atoms with van der Waals surface area (Å²) in [6, 6.07) is 0. The van der Waals surface area contributed by atoms with Crippen molar-refractivity contribution >= 4 is 29.9 Å². The molecule has 0 aromatic heterocycles. The molecule has 0 amide bonds. The Morgan fingerprint density at radius 3 is 2.53 bits per heavy atom. The van der Waals surface area contributed by atoms with Crippen LogP contribution in [0.3, 0.4) is 0 Å². The third kappa shape index (κ3) is 6.29. The van der Waals surface area contributed by atoms with E-state index in [1.54, 1.807) is 0 Å². The molecule has 5 heteroatoms. The summed E-state index contributed by atoms with van der Waals surface area (Å²) in [6.45, 7) is 7.19. The number of hydrogen-bond acceptors (Lipinski definition) is 2. The second-order valence-corrected chi connectivity index (χ2v) is 5.66. The van der Waals surface area contributed by atoms with Crippen molar-refractivity contribution in [2.45, 2.75) is 32.6 Å². The Bertz CT molecular complexity index is 274. The lowest BCUT2D eigenvalue weighted by atomic mass is 10.00. The SMILES string of the molecule is CN=C(NCCOCC1CC1)N1CCC(C)CC1.I. The smallest absolute Gasteiger partial charge is 0.193 e. The second kappa shape index (κ2) is 9.00. The average Bonchev–Trinajstić information content (AvgIpc) is 3.19. The van der Waals surface area contributed by atoms with E-state index in [4.69, 9.17) is 4.74 Å². The van der Waals surface area contributed by atoms with Crippen LogP contribution in [-0.2, 0) is 4.74 Å². The average molecular weight is 381 g/mol. The van der Waals surface area contributed by atoms with Gasteiger partial charge in [-0.1, -0.05) is 6.92 Å². The molecular weight excluding hydrogens is 353 g/mol. The van der Waals surface area contributed by atoms with Crippen LogP contribution in [0.15, 0.2) is 4.99 Å². The van der Waals surface area contributed by atoms with E-state index in [1.807, 2.05) is 7.05 Å². The minimum Gasteiger partial charge on any atom is -0.379 e. The number of nitrogens with one attached hydrogen (secondary N) is 1. The van der Waals surface area contributed by atoms with E-state index in [0.717, 1.165) is 50.6 Å². The van der Waals surface area contributed by atoms with Crippen molar-refractivity contribution in [3.63, 3.8) is 0 Å². The van der Waals surface area contributed by atoms with Crippen LogP contribution < -0.4 is 5.32 Å². The summed E-state index contributed by atoms with van der Waals surface area (Å²) >= 11 is 0. The summed E-state index contributed by atoms with van der Waals surface area (Å²) in [4.78, 5) is 6.72. The normalized spacial score (nSPS) is 21.2. The standard InChI is InChI=1S/C14H27N3O.HI/c1-12-5-8-17(9-6-12)14(15-2)16-7-10-18-11-13-3-4-13;/h12-13H,3-11H2,1-2H3,(H,15,16);1H. The van der Waals surface area contributed by atoms with Crippen LogP contribution in [0.25, 0.3) is 0 Å². The van der Waals surface area contributed by atoms with E-state index in [2.05, 4.69) is 22.1 Å². The molecule has 1 aliphatic heterocycles. The van der Waals surface area contributed by atoms with E-state index in [9.17, 15) is 0 Å². The van der Waals surface area contributed by atoms with Crippen molar-refractivity contribution in [2.24, 2.45) is 16.8 Å². The van der Waals surface area contributed by atoms with Crippen molar-refractivity contribution in [3.8, 4) is 0 Å². The Morgan fingerprint density at radius 2 is 1.95 bits per heavy atom. The van der Waals surface area contributed by atoms with Crippen LogP contribution in [0, 0.1) is 11.8 Å². The predicted octanol–water partition coefficient (Wildman–Crippen LogP) is 2.34. The van der Waals surface area contributed by atoms with Gasteiger partial charge in [-0.25, -0.2) is 0 Å². The van der Waals surface area contributed by atoms with Gasteiger partial charge in [0.15, 0.2) is 5.96 Å². The maximum atomic E-state index is 5.62. The largest absolute Gasteiger partial charge is 0.379 e. The highest BCUT2D eigenvalue weighted by Crippen LogP contribution is 2.28. The van der Waals surface area contributed by atoms with Gasteiger partial charge in [0.1, 0.15) is 0 Å². The van der Waals surface area contributed by atoms with Crippen molar-refractivity contribution < 1.29 is 4.74 Å². The van der Waals surface area contributed by atoms with Gasteiger partial charge in [0, 0.05) is 33.3 Å². The topological polar surface area (TPSA) is 36.9 Å². The molecule has 1 N–H and O–H groups in total. The number of likely N-dealkylation sites (tertiary alicyclic amines) is 1. The quantitative estimate of drug-likeness (QED) is 0.344. The number of piperidine rings is 1. The number of halogens is 1. The van der Waals surface area contributed by atoms with E-state index in [0.29, 0.717) is 0 Å². The molecule has 0 unspecified atom stereocenters. The molecule has 1 saturated heterocycles. The number of aliphatic imine (C=N–C) groups is 1. The Balaban J connectivity index is 0.00000180. The number of ether oxygens (including phenoxy) is 1. The molecule has 2 aliphatic rings. The van der Waals surface area contributed by atoms with E-state index >= 15 is 0 Å². The molecule has 2 fully saturated rings. The highest BCUT2D eigenvalue weighted by atomic mass is 127. The first kappa shape index (κ1) is 17.0. The van der Waals surface area contributed by atoms with Gasteiger partial charge in [-0.05, 0) is 37.5 Å². The Morgan fingerprint density at radius 1 is 1.26 bits per heavy atom. The first-order chi connectivity index (χ1) is 8.79. The second-order valence-electron chi connectivity index (χ2n) is 5.66. The minimum atomic E-state index is 0. The molecule has 112 valence electrons. The van der Waals surface area contributed by atoms with Gasteiger partial charge in [0.25, 0.3) is 0 Å². The van der Waals surface area contributed by atoms with Crippen LogP contribution >= 0.6 is 24.0 Å². The van der Waals surface area contributed by atoms with Gasteiger partial charge in [0.05, 0.1) is 6.61 Å². The van der Waals surface area contributed by atoms with E-state index in [1.165, 1.54) is 25.7 Å². The lowest BCUT2D eigenvalue weighted by molar-refractivity contribution is 0.128. The van der Waals surface area contributed by atoms with Gasteiger partial charge in [0.2, 0.25) is 0 Å². The van der Waals surface area contributed by atoms with Gasteiger partial charge >= 0.3 is 0 Å². The monoisotopic (exact) mass is 381 g/mol. The Kier molecular flexibility index (Phi) is 8.06. The van der Waals surface area contributed by atoms with E-state index < -0.39 is 0 Å². The molecule has 0 bridgehead atoms. The van der Waals surface area contributed by atoms with Crippen molar-refractivity contribution in [3.05, 3.63) is 0 Å². The molecule has 0 spiro atoms. The summed E-state index contributed by atoms with van der Waals surface area (Å²) in [6.07, 6.45) is 5.28. The van der Waals surface area contributed by atoms with Gasteiger partial charge in [-0.15, -0.1) is 24.0 Å². The third-order valence-corrected chi connectivity index (χ3v) is 3.87. The molecular formula is C14H28IN3O. The molecule has 1 heterocycles. The molecule has 1 aliphatic carbocycles. The van der Waals surface area contributed by atoms with Crippen LogP contribution in [-0.4, -0.2) is 50.8 Å². The summed E-state index contributed by atoms with van der Waals surface area (Å²) < 4.78 is 5.62. The van der Waals surface area contributed by atoms with Gasteiger partial charge < -0.3 is 15.0 Å². The molecule has 0 aromatic rings. The van der Waals surface area contributed by atoms with Crippen LogP contribution in [0.1, 0.15) is 32.6 Å². The molecule has 0 atom stereocenters. The fourth-order valence-corrected chi connectivity index (χ4v) is 2.32. The molecule has 2 rings (SSSR count). The van der Waals surface area contributed by atoms with Gasteiger partial charge in [-0.2, -0.15) is 0 Å². The molecule has 19 heavy (non-hydrogen) atoms. The Hall–Kier alpha value is -0.0400. The fraction of sp³-hybridized carbons (Fsp3) is 0.929. The van der Waals surface area contributed by atoms with Crippen LogP contribution in [0.2, 0.25) is 0 Å². The van der Waals surface area contributed by atoms with Crippen LogP contribution in [0.5, 0.6) is 0 Å². The third-order valence-electron chi connectivity index (χ3n) is 3.87. The fourth-order valence-electron chi connectivity index (χ4n) is 2.32. The summed E-state index contributed by atoms with van der Waals surface area (Å²) in [7, 11) is 1.87. The molecule has 4 nitrogen and oxygen atoms in total. The van der Waals surface area contributed by atoms with Crippen molar-refractivity contribution in [1.82, 2.24) is 10.2 Å². The highest BCUT2D eigenvalue weighted by molar-refractivity contribution is 14.0. The Labute approximate surface area is 134 Å². The zero-order chi connectivity index (χ0) is 12.8. The summed E-state index contributed by atoms with van der Waals surface area (Å²) in [5.41, 5.74) is 0. The number of hydrogen-bond donors (Lipinski definition) is 1. The minimum absolute atomic E-state index is 0. The maximum absolute atomic E-state index is 5.62. The zero-order valence-electron chi connectivity index (χ0n) is 12.2. The van der Waals surface area contributed by atoms with Gasteiger partial charge in [-0.3, -0.25) is 4.99 Å². The van der Waals surface area contributed by atoms with Crippen molar-refractivity contribution in [1.29, 1.82) is 0 Å². The summed E-state index contributed by atoms with van der Waals surface area (Å²) in [5.74, 6) is 2.76. The van der Waals surface area contributed by atoms with Crippen LogP contribution in [0.4, 0.5) is 0 Å². The predicted molar refractivity (Wildman–Crippen MR) is 90.3 cm³/mol. The lowest BCUT2D eigenvalue weighted by Gasteiger charge is -2.32. The lowest BCUT2D eigenvalue weighted by Crippen LogP contribution is -2.46. The summed E-state index contributed by atoms with van der Waals surface area (Å²) in [5, 5.41) is 3.40. The van der Waals surface area contributed by atoms with E-state index in [-0.39, 0.29) is 24.0 Å². The highest BCUT2D eigenvalue weighted by Gasteiger charge is 2.21. The molecule has 0 aromatic carbocycles. The first-order valence-corrected chi connectivity index (χ1v) is 7.33.